The third-order valence-electron chi connectivity index (χ3n) is 1.18. The van der Waals surface area contributed by atoms with Crippen LogP contribution in [0.2, 0.25) is 0 Å². The maximum Gasteiger partial charge on any atom is 0.300 e. The Kier molecular flexibility index (Phi) is 5.45. The summed E-state index contributed by atoms with van der Waals surface area (Å²) in [6.07, 6.45) is 1.52. The summed E-state index contributed by atoms with van der Waals surface area (Å²) in [7, 11) is 0. The van der Waals surface area contributed by atoms with Crippen LogP contribution in [0.15, 0.2) is 6.33 Å². The van der Waals surface area contributed by atoms with Crippen molar-refractivity contribution in [2.75, 3.05) is 0 Å². The normalized spacial score (nSPS) is 8.85. The molecule has 0 fully saturated rings. The monoisotopic (exact) mass is 186 g/mol. The van der Waals surface area contributed by atoms with Crippen LogP contribution in [0, 0.1) is 0 Å². The molecule has 13 heavy (non-hydrogen) atoms. The largest absolute Gasteiger partial charge is 0.481 e. The number of nitrogens with two attached hydrogens (primary N) is 1. The molecule has 1 rings (SSSR count). The zero-order valence-corrected chi connectivity index (χ0v) is 7.77. The van der Waals surface area contributed by atoms with Gasteiger partial charge >= 0.3 is 0 Å². The van der Waals surface area contributed by atoms with Crippen molar-refractivity contribution in [1.82, 2.24) is 14.8 Å². The van der Waals surface area contributed by atoms with Crippen molar-refractivity contribution in [2.45, 2.75) is 26.9 Å². The molecule has 1 aromatic rings. The van der Waals surface area contributed by atoms with E-state index in [0.717, 1.165) is 19.3 Å². The third kappa shape index (κ3) is 4.91. The summed E-state index contributed by atoms with van der Waals surface area (Å²) in [5, 5.41) is 11.3. The van der Waals surface area contributed by atoms with E-state index in [-0.39, 0.29) is 0 Å². The molecule has 0 aliphatic rings. The lowest BCUT2D eigenvalue weighted by Crippen LogP contribution is -2.08. The molecule has 0 radical (unpaired) electrons. The average molecular weight is 186 g/mol. The second-order valence-corrected chi connectivity index (χ2v) is 2.22. The van der Waals surface area contributed by atoms with Gasteiger partial charge in [0.05, 0.1) is 6.54 Å². The van der Waals surface area contributed by atoms with Crippen molar-refractivity contribution in [3.05, 3.63) is 12.2 Å². The number of aromatic nitrogens is 3. The third-order valence-corrected chi connectivity index (χ3v) is 1.18. The Morgan fingerprint density at radius 3 is 2.62 bits per heavy atom. The number of rotatable bonds is 2. The van der Waals surface area contributed by atoms with Crippen LogP contribution in [-0.4, -0.2) is 25.8 Å². The first kappa shape index (κ1) is 11.6. The van der Waals surface area contributed by atoms with E-state index in [2.05, 4.69) is 10.1 Å². The summed E-state index contributed by atoms with van der Waals surface area (Å²) in [5.41, 5.74) is 5.35. The Bertz CT molecular complexity index is 236. The molecule has 0 unspecified atom stereocenters. The lowest BCUT2D eigenvalue weighted by Gasteiger charge is -1.96. The number of carboxylic acids is 1. The fourth-order valence-corrected chi connectivity index (χ4v) is 0.710. The molecular formula is C7H14N4O2. The highest BCUT2D eigenvalue weighted by Gasteiger charge is 1.96. The fourth-order valence-electron chi connectivity index (χ4n) is 0.710. The van der Waals surface area contributed by atoms with Crippen LogP contribution in [0.5, 0.6) is 0 Å². The molecule has 1 aromatic heterocycles. The van der Waals surface area contributed by atoms with E-state index < -0.39 is 5.97 Å². The lowest BCUT2D eigenvalue weighted by molar-refractivity contribution is -0.134. The van der Waals surface area contributed by atoms with Gasteiger partial charge < -0.3 is 10.8 Å². The molecule has 74 valence electrons. The van der Waals surface area contributed by atoms with E-state index >= 15 is 0 Å². The van der Waals surface area contributed by atoms with Gasteiger partial charge in [-0.15, -0.1) is 0 Å². The van der Waals surface area contributed by atoms with Crippen LogP contribution in [0.1, 0.15) is 19.7 Å². The molecule has 0 amide bonds. The molecular weight excluding hydrogens is 172 g/mol. The van der Waals surface area contributed by atoms with Gasteiger partial charge in [0.25, 0.3) is 5.97 Å². The molecule has 0 saturated heterocycles. The maximum absolute atomic E-state index is 9.00. The van der Waals surface area contributed by atoms with Gasteiger partial charge in [0.2, 0.25) is 0 Å². The van der Waals surface area contributed by atoms with E-state index in [1.165, 1.54) is 6.33 Å². The van der Waals surface area contributed by atoms with Crippen LogP contribution >= 0.6 is 0 Å². The smallest absolute Gasteiger partial charge is 0.300 e. The predicted octanol–water partition coefficient (Wildman–Crippen LogP) is -0.152. The van der Waals surface area contributed by atoms with Gasteiger partial charge in [-0.05, 0) is 6.92 Å². The number of carboxylic acid groups (broad SMARTS) is 1. The van der Waals surface area contributed by atoms with E-state index in [0.29, 0.717) is 6.54 Å². The number of aliphatic carboxylic acids is 1. The van der Waals surface area contributed by atoms with Gasteiger partial charge in [-0.1, -0.05) is 0 Å². The van der Waals surface area contributed by atoms with Gasteiger partial charge in [-0.3, -0.25) is 4.79 Å². The predicted molar refractivity (Wildman–Crippen MR) is 46.9 cm³/mol. The van der Waals surface area contributed by atoms with Crippen LogP contribution in [0.3, 0.4) is 0 Å². The average Bonchev–Trinajstić information content (AvgIpc) is 2.49. The summed E-state index contributed by atoms with van der Waals surface area (Å²) in [6.45, 7) is 4.40. The Labute approximate surface area is 76.4 Å². The molecule has 0 atom stereocenters. The van der Waals surface area contributed by atoms with Crippen LogP contribution in [0.25, 0.3) is 0 Å². The summed E-state index contributed by atoms with van der Waals surface area (Å²) in [5.74, 6) is 0.0116. The summed E-state index contributed by atoms with van der Waals surface area (Å²) < 4.78 is 1.78. The highest BCUT2D eigenvalue weighted by atomic mass is 16.4. The molecule has 1 heterocycles. The van der Waals surface area contributed by atoms with Gasteiger partial charge in [-0.2, -0.15) is 5.10 Å². The van der Waals surface area contributed by atoms with Crippen molar-refractivity contribution >= 4 is 5.97 Å². The van der Waals surface area contributed by atoms with E-state index in [4.69, 9.17) is 15.6 Å². The fraction of sp³-hybridized carbons (Fsp3) is 0.571. The maximum atomic E-state index is 9.00. The number of aryl methyl sites for hydroxylation is 1. The molecule has 0 aliphatic carbocycles. The minimum absolute atomic E-state index is 0.466. The molecule has 6 heteroatoms. The number of hydrogen-bond acceptors (Lipinski definition) is 4. The Morgan fingerprint density at radius 1 is 1.77 bits per heavy atom. The topological polar surface area (TPSA) is 94.0 Å². The first-order chi connectivity index (χ1) is 6.11. The van der Waals surface area contributed by atoms with Crippen molar-refractivity contribution < 1.29 is 9.90 Å². The summed E-state index contributed by atoms with van der Waals surface area (Å²) in [4.78, 5) is 12.9. The standard InChI is InChI=1S/C5H10N4.C2H4O2/c1-2-9-5(3-6)7-4-8-9;1-2(3)4/h4H,2-3,6H2,1H3;1H3,(H,3,4). The Hall–Kier alpha value is -1.43. The van der Waals surface area contributed by atoms with E-state index in [1.54, 1.807) is 4.68 Å². The molecule has 3 N–H and O–H groups in total. The molecule has 0 spiro atoms. The summed E-state index contributed by atoms with van der Waals surface area (Å²) in [6, 6.07) is 0. The van der Waals surface area contributed by atoms with E-state index in [9.17, 15) is 0 Å². The van der Waals surface area contributed by atoms with E-state index in [1.807, 2.05) is 6.92 Å². The quantitative estimate of drug-likeness (QED) is 0.669. The Morgan fingerprint density at radius 2 is 2.31 bits per heavy atom. The van der Waals surface area contributed by atoms with Gasteiger partial charge in [0, 0.05) is 13.5 Å². The van der Waals surface area contributed by atoms with Crippen molar-refractivity contribution in [3.8, 4) is 0 Å². The first-order valence-electron chi connectivity index (χ1n) is 3.88. The zero-order valence-electron chi connectivity index (χ0n) is 7.77. The van der Waals surface area contributed by atoms with Gasteiger partial charge in [0.1, 0.15) is 12.2 Å². The highest BCUT2D eigenvalue weighted by Crippen LogP contribution is 1.89. The first-order valence-corrected chi connectivity index (χ1v) is 3.88. The van der Waals surface area contributed by atoms with Gasteiger partial charge in [-0.25, -0.2) is 9.67 Å². The minimum atomic E-state index is -0.833. The molecule has 0 aromatic carbocycles. The lowest BCUT2D eigenvalue weighted by atomic mass is 10.6. The molecule has 0 saturated carbocycles. The molecule has 0 bridgehead atoms. The Balaban J connectivity index is 0.000000310. The molecule has 0 aliphatic heterocycles. The van der Waals surface area contributed by atoms with Crippen LogP contribution < -0.4 is 5.73 Å². The van der Waals surface area contributed by atoms with Gasteiger partial charge in [0.15, 0.2) is 0 Å². The van der Waals surface area contributed by atoms with Crippen molar-refractivity contribution in [3.63, 3.8) is 0 Å². The number of carbonyl (C=O) groups is 1. The molecule has 6 nitrogen and oxygen atoms in total. The van der Waals surface area contributed by atoms with Crippen molar-refractivity contribution in [2.24, 2.45) is 5.73 Å². The number of hydrogen-bond donors (Lipinski definition) is 2. The number of nitrogens with zero attached hydrogens (tertiary/aromatic N) is 3. The second kappa shape index (κ2) is 6.13. The second-order valence-electron chi connectivity index (χ2n) is 2.22. The van der Waals surface area contributed by atoms with Crippen molar-refractivity contribution in [1.29, 1.82) is 0 Å². The highest BCUT2D eigenvalue weighted by molar-refractivity contribution is 5.62. The minimum Gasteiger partial charge on any atom is -0.481 e. The SMILES string of the molecule is CC(=O)O.CCn1ncnc1CN. The van der Waals surface area contributed by atoms with Crippen LogP contribution in [-0.2, 0) is 17.9 Å². The zero-order chi connectivity index (χ0) is 10.3. The van der Waals surface area contributed by atoms with Crippen LogP contribution in [0.4, 0.5) is 0 Å². The summed E-state index contributed by atoms with van der Waals surface area (Å²) >= 11 is 0.